The minimum atomic E-state index is -0.984. The molecule has 0 aliphatic heterocycles. The molecule has 20 heavy (non-hydrogen) atoms. The third kappa shape index (κ3) is 3.38. The molecule has 1 N–H and O–H groups in total. The summed E-state index contributed by atoms with van der Waals surface area (Å²) in [5.41, 5.74) is 2.60. The molecular formula is C16H24N2O2. The number of allylic oxidation sites excluding steroid dienone is 2. The number of rotatable bonds is 3. The lowest BCUT2D eigenvalue weighted by atomic mass is 10.0. The van der Waals surface area contributed by atoms with Gasteiger partial charge in [-0.2, -0.15) is 0 Å². The van der Waals surface area contributed by atoms with Gasteiger partial charge in [-0.05, 0) is 63.8 Å². The molecule has 1 amide bonds. The molecule has 0 aliphatic carbocycles. The van der Waals surface area contributed by atoms with E-state index < -0.39 is 11.6 Å². The van der Waals surface area contributed by atoms with Gasteiger partial charge in [-0.3, -0.25) is 4.90 Å². The van der Waals surface area contributed by atoms with Crippen molar-refractivity contribution >= 4 is 17.5 Å². The number of hydrogen-bond acceptors (Lipinski definition) is 2. The van der Waals surface area contributed by atoms with Gasteiger partial charge >= 0.3 is 6.09 Å². The molecule has 1 aromatic heterocycles. The smallest absolute Gasteiger partial charge is 0.413 e. The SMILES string of the molecule is C/C=C(/CC)c1cnc(N(C(=O)O)C(C)(C)C)c(C)c1. The number of pyridine rings is 1. The highest BCUT2D eigenvalue weighted by Crippen LogP contribution is 2.28. The van der Waals surface area contributed by atoms with Crippen LogP contribution in [0, 0.1) is 6.92 Å². The summed E-state index contributed by atoms with van der Waals surface area (Å²) in [5.74, 6) is 0.500. The van der Waals surface area contributed by atoms with Gasteiger partial charge in [-0.1, -0.05) is 13.0 Å². The van der Waals surface area contributed by atoms with Crippen molar-refractivity contribution in [1.82, 2.24) is 4.98 Å². The van der Waals surface area contributed by atoms with E-state index in [-0.39, 0.29) is 0 Å². The first-order valence-corrected chi connectivity index (χ1v) is 6.87. The van der Waals surface area contributed by atoms with Gasteiger partial charge in [-0.15, -0.1) is 0 Å². The summed E-state index contributed by atoms with van der Waals surface area (Å²) >= 11 is 0. The molecule has 4 nitrogen and oxygen atoms in total. The number of amides is 1. The summed E-state index contributed by atoms with van der Waals surface area (Å²) in [6, 6.07) is 2.00. The summed E-state index contributed by atoms with van der Waals surface area (Å²) in [6.45, 7) is 11.6. The normalized spacial score (nSPS) is 12.4. The van der Waals surface area contributed by atoms with E-state index in [4.69, 9.17) is 0 Å². The molecule has 0 aliphatic rings. The van der Waals surface area contributed by atoms with Crippen LogP contribution in [-0.4, -0.2) is 21.7 Å². The van der Waals surface area contributed by atoms with Crippen molar-refractivity contribution in [3.05, 3.63) is 29.5 Å². The van der Waals surface area contributed by atoms with Crippen molar-refractivity contribution < 1.29 is 9.90 Å². The van der Waals surface area contributed by atoms with Crippen LogP contribution in [0.1, 0.15) is 52.2 Å². The zero-order valence-corrected chi connectivity index (χ0v) is 13.2. The first-order chi connectivity index (χ1) is 9.22. The molecule has 1 aromatic rings. The van der Waals surface area contributed by atoms with Crippen molar-refractivity contribution in [1.29, 1.82) is 0 Å². The zero-order valence-electron chi connectivity index (χ0n) is 13.2. The van der Waals surface area contributed by atoms with E-state index in [0.29, 0.717) is 5.82 Å². The van der Waals surface area contributed by atoms with Gasteiger partial charge in [0.05, 0.1) is 0 Å². The van der Waals surface area contributed by atoms with Gasteiger partial charge in [-0.25, -0.2) is 9.78 Å². The van der Waals surface area contributed by atoms with Crippen LogP contribution in [0.3, 0.4) is 0 Å². The van der Waals surface area contributed by atoms with Gasteiger partial charge in [0, 0.05) is 11.7 Å². The Morgan fingerprint density at radius 2 is 2.05 bits per heavy atom. The van der Waals surface area contributed by atoms with Crippen molar-refractivity contribution in [2.24, 2.45) is 0 Å². The van der Waals surface area contributed by atoms with Crippen LogP contribution in [-0.2, 0) is 0 Å². The van der Waals surface area contributed by atoms with Crippen molar-refractivity contribution in [2.45, 2.75) is 53.5 Å². The molecular weight excluding hydrogens is 252 g/mol. The first kappa shape index (κ1) is 16.2. The molecule has 0 saturated heterocycles. The molecule has 0 spiro atoms. The van der Waals surface area contributed by atoms with Gasteiger partial charge in [0.1, 0.15) is 5.82 Å². The largest absolute Gasteiger partial charge is 0.465 e. The van der Waals surface area contributed by atoms with Crippen LogP contribution >= 0.6 is 0 Å². The van der Waals surface area contributed by atoms with Crippen molar-refractivity contribution in [3.8, 4) is 0 Å². The average molecular weight is 276 g/mol. The van der Waals surface area contributed by atoms with Crippen LogP contribution in [0.2, 0.25) is 0 Å². The van der Waals surface area contributed by atoms with Gasteiger partial charge < -0.3 is 5.11 Å². The van der Waals surface area contributed by atoms with Crippen LogP contribution in [0.15, 0.2) is 18.3 Å². The Bertz CT molecular complexity index is 528. The van der Waals surface area contributed by atoms with E-state index in [1.807, 2.05) is 40.7 Å². The molecule has 1 rings (SSSR count). The second kappa shape index (κ2) is 6.07. The Kier molecular flexibility index (Phi) is 4.93. The Morgan fingerprint density at radius 3 is 2.40 bits per heavy atom. The second-order valence-electron chi connectivity index (χ2n) is 5.82. The number of nitrogens with zero attached hydrogens (tertiary/aromatic N) is 2. The zero-order chi connectivity index (χ0) is 15.5. The van der Waals surface area contributed by atoms with E-state index in [1.165, 1.54) is 10.5 Å². The standard InChI is InChI=1S/C16H24N2O2/c1-7-12(8-2)13-9-11(3)14(17-10-13)18(15(19)20)16(4,5)6/h7,9-10H,8H2,1-6H3,(H,19,20)/b12-7-. The minimum Gasteiger partial charge on any atom is -0.465 e. The molecule has 110 valence electrons. The van der Waals surface area contributed by atoms with E-state index in [0.717, 1.165) is 17.5 Å². The molecule has 0 fully saturated rings. The Morgan fingerprint density at radius 1 is 1.45 bits per heavy atom. The number of aromatic nitrogens is 1. The Balaban J connectivity index is 3.31. The maximum Gasteiger partial charge on any atom is 0.413 e. The van der Waals surface area contributed by atoms with Crippen LogP contribution < -0.4 is 4.90 Å². The molecule has 0 atom stereocenters. The predicted molar refractivity (Wildman–Crippen MR) is 83.2 cm³/mol. The molecule has 0 unspecified atom stereocenters. The Hall–Kier alpha value is -1.84. The fourth-order valence-corrected chi connectivity index (χ4v) is 2.25. The molecule has 0 bridgehead atoms. The fourth-order valence-electron chi connectivity index (χ4n) is 2.25. The monoisotopic (exact) mass is 276 g/mol. The highest BCUT2D eigenvalue weighted by Gasteiger charge is 2.30. The van der Waals surface area contributed by atoms with E-state index >= 15 is 0 Å². The third-order valence-electron chi connectivity index (χ3n) is 3.22. The topological polar surface area (TPSA) is 53.4 Å². The highest BCUT2D eigenvalue weighted by molar-refractivity contribution is 5.87. The van der Waals surface area contributed by atoms with Gasteiger partial charge in [0.25, 0.3) is 0 Å². The number of aryl methyl sites for hydroxylation is 1. The Labute approximate surface area is 121 Å². The molecule has 1 heterocycles. The van der Waals surface area contributed by atoms with Crippen LogP contribution in [0.25, 0.3) is 5.57 Å². The van der Waals surface area contributed by atoms with Crippen molar-refractivity contribution in [2.75, 3.05) is 4.90 Å². The maximum absolute atomic E-state index is 11.5. The second-order valence-corrected chi connectivity index (χ2v) is 5.82. The first-order valence-electron chi connectivity index (χ1n) is 6.87. The van der Waals surface area contributed by atoms with Crippen molar-refractivity contribution in [3.63, 3.8) is 0 Å². The molecule has 0 radical (unpaired) electrons. The molecule has 4 heteroatoms. The summed E-state index contributed by atoms with van der Waals surface area (Å²) in [6.07, 6.45) is 3.76. The van der Waals surface area contributed by atoms with E-state index in [9.17, 15) is 9.90 Å². The lowest BCUT2D eigenvalue weighted by Gasteiger charge is -2.33. The summed E-state index contributed by atoms with van der Waals surface area (Å²) in [4.78, 5) is 17.2. The maximum atomic E-state index is 11.5. The summed E-state index contributed by atoms with van der Waals surface area (Å²) < 4.78 is 0. The van der Waals surface area contributed by atoms with E-state index in [2.05, 4.69) is 18.0 Å². The van der Waals surface area contributed by atoms with E-state index in [1.54, 1.807) is 6.20 Å². The third-order valence-corrected chi connectivity index (χ3v) is 3.22. The lowest BCUT2D eigenvalue weighted by Crippen LogP contribution is -2.46. The fraction of sp³-hybridized carbons (Fsp3) is 0.500. The minimum absolute atomic E-state index is 0.500. The highest BCUT2D eigenvalue weighted by atomic mass is 16.4. The lowest BCUT2D eigenvalue weighted by molar-refractivity contribution is 0.195. The average Bonchev–Trinajstić information content (AvgIpc) is 2.31. The quantitative estimate of drug-likeness (QED) is 0.885. The number of carboxylic acid groups (broad SMARTS) is 1. The van der Waals surface area contributed by atoms with Gasteiger partial charge in [0.15, 0.2) is 0 Å². The number of anilines is 1. The summed E-state index contributed by atoms with van der Waals surface area (Å²) in [5, 5.41) is 9.43. The molecule has 0 saturated carbocycles. The van der Waals surface area contributed by atoms with Crippen LogP contribution in [0.5, 0.6) is 0 Å². The molecule has 0 aromatic carbocycles. The number of carbonyl (C=O) groups is 1. The number of hydrogen-bond donors (Lipinski definition) is 1. The van der Waals surface area contributed by atoms with Gasteiger partial charge in [0.2, 0.25) is 0 Å². The predicted octanol–water partition coefficient (Wildman–Crippen LogP) is 4.49. The summed E-state index contributed by atoms with van der Waals surface area (Å²) in [7, 11) is 0. The van der Waals surface area contributed by atoms with Crippen LogP contribution in [0.4, 0.5) is 10.6 Å².